The highest BCUT2D eigenvalue weighted by Crippen LogP contribution is 2.37. The SMILES string of the molecule is O=C(Nc1nc2ccccc2[nH]1)c1sc(-c2ccccc2)cc1OCC(=O)N1CCCCC1. The van der Waals surface area contributed by atoms with E-state index in [0.717, 1.165) is 53.8 Å². The molecule has 0 radical (unpaired) electrons. The summed E-state index contributed by atoms with van der Waals surface area (Å²) in [6, 6.07) is 19.2. The number of fused-ring (bicyclic) bond motifs is 1. The van der Waals surface area contributed by atoms with Crippen LogP contribution in [0.5, 0.6) is 5.75 Å². The van der Waals surface area contributed by atoms with Crippen LogP contribution in [-0.4, -0.2) is 46.4 Å². The maximum Gasteiger partial charge on any atom is 0.271 e. The number of imidazole rings is 1. The largest absolute Gasteiger partial charge is 0.482 e. The lowest BCUT2D eigenvalue weighted by Crippen LogP contribution is -2.38. The highest BCUT2D eigenvalue weighted by molar-refractivity contribution is 7.17. The number of likely N-dealkylation sites (tertiary alicyclic amines) is 1. The fraction of sp³-hybridized carbons (Fsp3) is 0.240. The molecule has 2 N–H and O–H groups in total. The third-order valence-electron chi connectivity index (χ3n) is 5.64. The summed E-state index contributed by atoms with van der Waals surface area (Å²) >= 11 is 1.33. The zero-order valence-electron chi connectivity index (χ0n) is 18.0. The molecule has 8 heteroatoms. The van der Waals surface area contributed by atoms with E-state index in [2.05, 4.69) is 15.3 Å². The molecule has 33 heavy (non-hydrogen) atoms. The zero-order valence-corrected chi connectivity index (χ0v) is 18.9. The lowest BCUT2D eigenvalue weighted by Gasteiger charge is -2.26. The van der Waals surface area contributed by atoms with Crippen molar-refractivity contribution < 1.29 is 14.3 Å². The lowest BCUT2D eigenvalue weighted by molar-refractivity contribution is -0.134. The fourth-order valence-electron chi connectivity index (χ4n) is 3.93. The number of aromatic amines is 1. The number of hydrogen-bond acceptors (Lipinski definition) is 5. The Hall–Kier alpha value is -3.65. The van der Waals surface area contributed by atoms with Crippen LogP contribution in [0, 0.1) is 0 Å². The second kappa shape index (κ2) is 9.46. The number of anilines is 1. The van der Waals surface area contributed by atoms with E-state index >= 15 is 0 Å². The van der Waals surface area contributed by atoms with Gasteiger partial charge in [-0.15, -0.1) is 11.3 Å². The monoisotopic (exact) mass is 460 g/mol. The van der Waals surface area contributed by atoms with Gasteiger partial charge in [0.25, 0.3) is 11.8 Å². The predicted octanol–water partition coefficient (Wildman–Crippen LogP) is 4.94. The molecule has 168 valence electrons. The first kappa shape index (κ1) is 21.2. The molecule has 2 amide bonds. The summed E-state index contributed by atoms with van der Waals surface area (Å²) in [5, 5.41) is 2.83. The Morgan fingerprint density at radius 2 is 1.79 bits per heavy atom. The Morgan fingerprint density at radius 1 is 1.03 bits per heavy atom. The van der Waals surface area contributed by atoms with Gasteiger partial charge in [0.15, 0.2) is 6.61 Å². The fourth-order valence-corrected chi connectivity index (χ4v) is 4.94. The van der Waals surface area contributed by atoms with Gasteiger partial charge in [-0.25, -0.2) is 4.98 Å². The predicted molar refractivity (Wildman–Crippen MR) is 130 cm³/mol. The first-order valence-electron chi connectivity index (χ1n) is 11.0. The van der Waals surface area contributed by atoms with Gasteiger partial charge < -0.3 is 14.6 Å². The number of nitrogens with one attached hydrogen (secondary N) is 2. The van der Waals surface area contributed by atoms with Gasteiger partial charge in [0.2, 0.25) is 5.95 Å². The number of carbonyl (C=O) groups is 2. The summed E-state index contributed by atoms with van der Waals surface area (Å²) in [6.07, 6.45) is 3.20. The molecule has 0 aliphatic carbocycles. The molecule has 4 aromatic rings. The number of hydrogen-bond donors (Lipinski definition) is 2. The molecule has 1 saturated heterocycles. The van der Waals surface area contributed by atoms with Crippen LogP contribution >= 0.6 is 11.3 Å². The molecule has 5 rings (SSSR count). The second-order valence-electron chi connectivity index (χ2n) is 7.96. The smallest absolute Gasteiger partial charge is 0.271 e. The molecule has 0 unspecified atom stereocenters. The number of nitrogens with zero attached hydrogens (tertiary/aromatic N) is 2. The molecule has 0 saturated carbocycles. The molecule has 1 aliphatic rings. The molecule has 2 aromatic carbocycles. The van der Waals surface area contributed by atoms with Crippen molar-refractivity contribution >= 4 is 40.1 Å². The molecule has 2 aromatic heterocycles. The van der Waals surface area contributed by atoms with Crippen LogP contribution in [0.4, 0.5) is 5.95 Å². The van der Waals surface area contributed by atoms with Gasteiger partial charge >= 0.3 is 0 Å². The van der Waals surface area contributed by atoms with Gasteiger partial charge in [-0.3, -0.25) is 14.9 Å². The second-order valence-corrected chi connectivity index (χ2v) is 9.01. The van der Waals surface area contributed by atoms with E-state index in [4.69, 9.17) is 4.74 Å². The van der Waals surface area contributed by atoms with E-state index in [1.54, 1.807) is 0 Å². The molecule has 7 nitrogen and oxygen atoms in total. The number of para-hydroxylation sites is 2. The van der Waals surface area contributed by atoms with Gasteiger partial charge in [-0.1, -0.05) is 42.5 Å². The number of thiophene rings is 1. The minimum Gasteiger partial charge on any atom is -0.482 e. The average molecular weight is 461 g/mol. The number of aromatic nitrogens is 2. The maximum absolute atomic E-state index is 13.2. The molecular weight excluding hydrogens is 436 g/mol. The Morgan fingerprint density at radius 3 is 2.58 bits per heavy atom. The van der Waals surface area contributed by atoms with Gasteiger partial charge in [0.05, 0.1) is 11.0 Å². The molecule has 1 aliphatic heterocycles. The third-order valence-corrected chi connectivity index (χ3v) is 6.81. The maximum atomic E-state index is 13.2. The van der Waals surface area contributed by atoms with Gasteiger partial charge in [0, 0.05) is 18.0 Å². The number of ether oxygens (including phenoxy) is 1. The number of rotatable bonds is 6. The Bertz CT molecular complexity index is 1240. The van der Waals surface area contributed by atoms with Gasteiger partial charge in [0.1, 0.15) is 10.6 Å². The Kier molecular flexibility index (Phi) is 6.08. The molecule has 0 bridgehead atoms. The quantitative estimate of drug-likeness (QED) is 0.427. The van der Waals surface area contributed by atoms with Crippen LogP contribution in [0.15, 0.2) is 60.7 Å². The first-order chi connectivity index (χ1) is 16.2. The topological polar surface area (TPSA) is 87.3 Å². The summed E-state index contributed by atoms with van der Waals surface area (Å²) in [4.78, 5) is 36.4. The van der Waals surface area contributed by atoms with E-state index in [0.29, 0.717) is 16.6 Å². The molecular formula is C25H24N4O3S. The van der Waals surface area contributed by atoms with Crippen molar-refractivity contribution in [1.29, 1.82) is 0 Å². The number of carbonyl (C=O) groups excluding carboxylic acids is 2. The van der Waals surface area contributed by atoms with Crippen molar-refractivity contribution in [3.8, 4) is 16.2 Å². The number of H-pyrrole nitrogens is 1. The Balaban J connectivity index is 1.38. The summed E-state index contributed by atoms with van der Waals surface area (Å²) in [5.41, 5.74) is 2.60. The highest BCUT2D eigenvalue weighted by atomic mass is 32.1. The molecule has 0 atom stereocenters. The van der Waals surface area contributed by atoms with Crippen LogP contribution in [0.25, 0.3) is 21.5 Å². The van der Waals surface area contributed by atoms with Crippen molar-refractivity contribution in [1.82, 2.24) is 14.9 Å². The third kappa shape index (κ3) is 4.75. The molecule has 3 heterocycles. The van der Waals surface area contributed by atoms with Crippen molar-refractivity contribution in [3.63, 3.8) is 0 Å². The Labute approximate surface area is 195 Å². The molecule has 0 spiro atoms. The summed E-state index contributed by atoms with van der Waals surface area (Å²) in [7, 11) is 0. The van der Waals surface area contributed by atoms with Crippen LogP contribution in [0.2, 0.25) is 0 Å². The van der Waals surface area contributed by atoms with Gasteiger partial charge in [-0.2, -0.15) is 0 Å². The van der Waals surface area contributed by atoms with Gasteiger partial charge in [-0.05, 0) is 43.0 Å². The molecule has 1 fully saturated rings. The van der Waals surface area contributed by atoms with Crippen molar-refractivity contribution in [2.45, 2.75) is 19.3 Å². The van der Waals surface area contributed by atoms with Crippen molar-refractivity contribution in [2.75, 3.05) is 25.0 Å². The summed E-state index contributed by atoms with van der Waals surface area (Å²) < 4.78 is 5.90. The number of benzene rings is 2. The standard InChI is InChI=1S/C25H24N4O3S/c30-22(29-13-7-2-8-14-29)16-32-20-15-21(17-9-3-1-4-10-17)33-23(20)24(31)28-25-26-18-11-5-6-12-19(18)27-25/h1,3-6,9-12,15H,2,7-8,13-14,16H2,(H2,26,27,28,31). The number of piperidine rings is 1. The van der Waals surface area contributed by atoms with Crippen LogP contribution in [0.1, 0.15) is 28.9 Å². The average Bonchev–Trinajstić information content (AvgIpc) is 3.47. The summed E-state index contributed by atoms with van der Waals surface area (Å²) in [5.74, 6) is 0.386. The van der Waals surface area contributed by atoms with Crippen LogP contribution in [-0.2, 0) is 4.79 Å². The zero-order chi connectivity index (χ0) is 22.6. The van der Waals surface area contributed by atoms with E-state index in [9.17, 15) is 9.59 Å². The minimum atomic E-state index is -0.332. The summed E-state index contributed by atoms with van der Waals surface area (Å²) in [6.45, 7) is 1.44. The van der Waals surface area contributed by atoms with Crippen molar-refractivity contribution in [2.24, 2.45) is 0 Å². The van der Waals surface area contributed by atoms with E-state index in [1.807, 2.05) is 65.6 Å². The van der Waals surface area contributed by atoms with Crippen molar-refractivity contribution in [3.05, 3.63) is 65.5 Å². The lowest BCUT2D eigenvalue weighted by atomic mass is 10.1. The van der Waals surface area contributed by atoms with E-state index < -0.39 is 0 Å². The highest BCUT2D eigenvalue weighted by Gasteiger charge is 2.22. The van der Waals surface area contributed by atoms with E-state index in [1.165, 1.54) is 11.3 Å². The number of amides is 2. The van der Waals surface area contributed by atoms with E-state index in [-0.39, 0.29) is 18.4 Å². The minimum absolute atomic E-state index is 0.0502. The first-order valence-corrected chi connectivity index (χ1v) is 11.8. The van der Waals surface area contributed by atoms with Crippen LogP contribution < -0.4 is 10.1 Å². The normalized spacial score (nSPS) is 13.8. The van der Waals surface area contributed by atoms with Crippen LogP contribution in [0.3, 0.4) is 0 Å².